The first-order valence-corrected chi connectivity index (χ1v) is 8.09. The van der Waals surface area contributed by atoms with Gasteiger partial charge in [-0.15, -0.1) is 0 Å². The number of nitrogens with zero attached hydrogens (tertiary/aromatic N) is 4. The molecule has 1 aliphatic rings. The van der Waals surface area contributed by atoms with Crippen LogP contribution in [0, 0.1) is 11.3 Å². The molecule has 1 atom stereocenters. The standard InChI is InChI=1S/C18H24N4O3/c1-21(2)13-20-15-11-17(16(24-3)10-14(15)12-19)25-9-5-8-22-7-4-6-18(22)23/h4,6,10-11,13,18,23H,5,7-9H2,1-3H3/t18-/m0/s1. The Morgan fingerprint density at radius 3 is 2.84 bits per heavy atom. The minimum Gasteiger partial charge on any atom is -0.493 e. The topological polar surface area (TPSA) is 81.3 Å². The van der Waals surface area contributed by atoms with Crippen LogP contribution < -0.4 is 9.47 Å². The Hall–Kier alpha value is -2.56. The molecule has 7 heteroatoms. The molecule has 1 heterocycles. The second kappa shape index (κ2) is 9.06. The molecular formula is C18H24N4O3. The van der Waals surface area contributed by atoms with Crippen LogP contribution in [-0.2, 0) is 0 Å². The molecule has 0 aromatic heterocycles. The number of aliphatic imine (C=N–C) groups is 1. The van der Waals surface area contributed by atoms with Crippen molar-refractivity contribution in [1.29, 1.82) is 5.26 Å². The molecule has 1 aromatic carbocycles. The highest BCUT2D eigenvalue weighted by atomic mass is 16.5. The first kappa shape index (κ1) is 18.8. The molecule has 0 radical (unpaired) electrons. The van der Waals surface area contributed by atoms with Gasteiger partial charge in [0.05, 0.1) is 31.3 Å². The number of methoxy groups -OCH3 is 1. The van der Waals surface area contributed by atoms with E-state index in [-0.39, 0.29) is 0 Å². The van der Waals surface area contributed by atoms with Crippen LogP contribution >= 0.6 is 0 Å². The highest BCUT2D eigenvalue weighted by Gasteiger charge is 2.16. The van der Waals surface area contributed by atoms with Crippen LogP contribution in [0.4, 0.5) is 5.69 Å². The van der Waals surface area contributed by atoms with E-state index in [1.54, 1.807) is 36.6 Å². The Kier molecular flexibility index (Phi) is 6.81. The fourth-order valence-electron chi connectivity index (χ4n) is 2.42. The van der Waals surface area contributed by atoms with Crippen LogP contribution in [-0.4, -0.2) is 68.4 Å². The molecule has 2 rings (SSSR count). The highest BCUT2D eigenvalue weighted by molar-refractivity contribution is 5.68. The quantitative estimate of drug-likeness (QED) is 0.335. The fraction of sp³-hybridized carbons (Fsp3) is 0.444. The number of benzene rings is 1. The van der Waals surface area contributed by atoms with Crippen molar-refractivity contribution in [2.24, 2.45) is 4.99 Å². The monoisotopic (exact) mass is 344 g/mol. The average Bonchev–Trinajstić information content (AvgIpc) is 3.01. The van der Waals surface area contributed by atoms with Crippen molar-refractivity contribution in [2.45, 2.75) is 12.6 Å². The summed E-state index contributed by atoms with van der Waals surface area (Å²) >= 11 is 0. The zero-order valence-electron chi connectivity index (χ0n) is 14.8. The summed E-state index contributed by atoms with van der Waals surface area (Å²) in [5, 5.41) is 19.0. The maximum absolute atomic E-state index is 9.71. The summed E-state index contributed by atoms with van der Waals surface area (Å²) in [6.45, 7) is 1.96. The zero-order chi connectivity index (χ0) is 18.2. The first-order chi connectivity index (χ1) is 12.0. The summed E-state index contributed by atoms with van der Waals surface area (Å²) in [6, 6.07) is 5.46. The molecule has 0 fully saturated rings. The molecule has 1 aromatic rings. The normalized spacial score (nSPS) is 17.0. The lowest BCUT2D eigenvalue weighted by Crippen LogP contribution is -2.31. The third-order valence-corrected chi connectivity index (χ3v) is 3.70. The molecule has 7 nitrogen and oxygen atoms in total. The van der Waals surface area contributed by atoms with Gasteiger partial charge in [-0.3, -0.25) is 4.90 Å². The van der Waals surface area contributed by atoms with E-state index < -0.39 is 6.23 Å². The van der Waals surface area contributed by atoms with E-state index in [1.165, 1.54) is 0 Å². The van der Waals surface area contributed by atoms with Crippen molar-refractivity contribution in [3.63, 3.8) is 0 Å². The summed E-state index contributed by atoms with van der Waals surface area (Å²) in [6.07, 6.45) is 5.62. The van der Waals surface area contributed by atoms with Crippen LogP contribution in [0.25, 0.3) is 0 Å². The molecule has 0 unspecified atom stereocenters. The van der Waals surface area contributed by atoms with Gasteiger partial charge in [0.1, 0.15) is 12.3 Å². The van der Waals surface area contributed by atoms with Crippen LogP contribution in [0.15, 0.2) is 29.3 Å². The van der Waals surface area contributed by atoms with Gasteiger partial charge in [-0.2, -0.15) is 5.26 Å². The number of hydrogen-bond donors (Lipinski definition) is 1. The number of hydrogen-bond acceptors (Lipinski definition) is 6. The molecule has 0 spiro atoms. The average molecular weight is 344 g/mol. The van der Waals surface area contributed by atoms with Gasteiger partial charge in [0.15, 0.2) is 11.5 Å². The van der Waals surface area contributed by atoms with E-state index in [4.69, 9.17) is 9.47 Å². The third-order valence-electron chi connectivity index (χ3n) is 3.70. The van der Waals surface area contributed by atoms with Crippen molar-refractivity contribution in [2.75, 3.05) is 40.9 Å². The second-order valence-corrected chi connectivity index (χ2v) is 5.88. The smallest absolute Gasteiger partial charge is 0.163 e. The minimum absolute atomic E-state index is 0.425. The van der Waals surface area contributed by atoms with E-state index in [0.29, 0.717) is 29.4 Å². The second-order valence-electron chi connectivity index (χ2n) is 5.88. The Morgan fingerprint density at radius 1 is 1.44 bits per heavy atom. The molecule has 134 valence electrons. The minimum atomic E-state index is -0.503. The maximum Gasteiger partial charge on any atom is 0.163 e. The number of rotatable bonds is 8. The first-order valence-electron chi connectivity index (χ1n) is 8.09. The van der Waals surface area contributed by atoms with E-state index in [9.17, 15) is 10.4 Å². The Bertz CT molecular complexity index is 680. The molecule has 0 saturated carbocycles. The molecule has 0 amide bonds. The van der Waals surface area contributed by atoms with Crippen LogP contribution in [0.5, 0.6) is 11.5 Å². The zero-order valence-corrected chi connectivity index (χ0v) is 14.8. The lowest BCUT2D eigenvalue weighted by Gasteiger charge is -2.19. The Morgan fingerprint density at radius 2 is 2.24 bits per heavy atom. The highest BCUT2D eigenvalue weighted by Crippen LogP contribution is 2.34. The molecule has 0 saturated heterocycles. The lowest BCUT2D eigenvalue weighted by atomic mass is 10.1. The largest absolute Gasteiger partial charge is 0.493 e. The Labute approximate surface area is 148 Å². The summed E-state index contributed by atoms with van der Waals surface area (Å²) in [5.41, 5.74) is 0.958. The number of aliphatic hydroxyl groups excluding tert-OH is 1. The predicted molar refractivity (Wildman–Crippen MR) is 96.4 cm³/mol. The van der Waals surface area contributed by atoms with E-state index >= 15 is 0 Å². The Balaban J connectivity index is 2.02. The van der Waals surface area contributed by atoms with Gasteiger partial charge in [0, 0.05) is 39.3 Å². The van der Waals surface area contributed by atoms with E-state index in [2.05, 4.69) is 11.1 Å². The number of ether oxygens (including phenoxy) is 2. The summed E-state index contributed by atoms with van der Waals surface area (Å²) in [4.78, 5) is 8.05. The number of aliphatic hydroxyl groups is 1. The molecule has 1 N–H and O–H groups in total. The van der Waals surface area contributed by atoms with Gasteiger partial charge in [-0.05, 0) is 12.5 Å². The van der Waals surface area contributed by atoms with Crippen molar-refractivity contribution >= 4 is 12.0 Å². The summed E-state index contributed by atoms with van der Waals surface area (Å²) in [5.74, 6) is 1.05. The van der Waals surface area contributed by atoms with Crippen LogP contribution in [0.1, 0.15) is 12.0 Å². The molecule has 25 heavy (non-hydrogen) atoms. The molecule has 1 aliphatic heterocycles. The fourth-order valence-corrected chi connectivity index (χ4v) is 2.42. The van der Waals surface area contributed by atoms with Crippen molar-refractivity contribution < 1.29 is 14.6 Å². The molecule has 0 bridgehead atoms. The van der Waals surface area contributed by atoms with E-state index in [0.717, 1.165) is 19.5 Å². The van der Waals surface area contributed by atoms with Crippen molar-refractivity contribution in [1.82, 2.24) is 9.80 Å². The van der Waals surface area contributed by atoms with Gasteiger partial charge < -0.3 is 19.5 Å². The van der Waals surface area contributed by atoms with Gasteiger partial charge in [-0.25, -0.2) is 4.99 Å². The SMILES string of the molecule is COc1cc(C#N)c(N=CN(C)C)cc1OCCCN1CC=C[C@@H]1O. The van der Waals surface area contributed by atoms with Gasteiger partial charge >= 0.3 is 0 Å². The molecular weight excluding hydrogens is 320 g/mol. The number of nitriles is 1. The van der Waals surface area contributed by atoms with Crippen LogP contribution in [0.2, 0.25) is 0 Å². The van der Waals surface area contributed by atoms with Crippen molar-refractivity contribution in [3.8, 4) is 17.6 Å². The van der Waals surface area contributed by atoms with Crippen molar-refractivity contribution in [3.05, 3.63) is 29.8 Å². The summed E-state index contributed by atoms with van der Waals surface area (Å²) in [7, 11) is 5.26. The van der Waals surface area contributed by atoms with Gasteiger partial charge in [0.25, 0.3) is 0 Å². The summed E-state index contributed by atoms with van der Waals surface area (Å²) < 4.78 is 11.1. The van der Waals surface area contributed by atoms with Gasteiger partial charge in [0.2, 0.25) is 0 Å². The van der Waals surface area contributed by atoms with Gasteiger partial charge in [-0.1, -0.05) is 6.08 Å². The lowest BCUT2D eigenvalue weighted by molar-refractivity contribution is 0.0592. The van der Waals surface area contributed by atoms with E-state index in [1.807, 2.05) is 25.1 Å². The predicted octanol–water partition coefficient (Wildman–Crippen LogP) is 1.75. The maximum atomic E-state index is 9.71. The molecule has 0 aliphatic carbocycles. The van der Waals surface area contributed by atoms with Crippen LogP contribution in [0.3, 0.4) is 0 Å². The third kappa shape index (κ3) is 5.21.